The summed E-state index contributed by atoms with van der Waals surface area (Å²) < 4.78 is 4.41. The third-order valence-electron chi connectivity index (χ3n) is 1.87. The standard InChI is InChI=1S/C10H9N3O2S2/c14-12-7-3-1-5-9(12)16-11-17-10-6-2-4-8-13(10)15/h1-8,11H. The van der Waals surface area contributed by atoms with Crippen LogP contribution in [0.25, 0.3) is 0 Å². The van der Waals surface area contributed by atoms with Crippen molar-refractivity contribution in [2.45, 2.75) is 10.1 Å². The van der Waals surface area contributed by atoms with Crippen molar-refractivity contribution in [1.29, 1.82) is 0 Å². The zero-order valence-electron chi connectivity index (χ0n) is 8.65. The fourth-order valence-electron chi connectivity index (χ4n) is 1.09. The van der Waals surface area contributed by atoms with E-state index in [0.29, 0.717) is 10.1 Å². The van der Waals surface area contributed by atoms with E-state index in [1.807, 2.05) is 0 Å². The molecule has 0 spiro atoms. The predicted octanol–water partition coefficient (Wildman–Crippen LogP) is 1.26. The average Bonchev–Trinajstić information content (AvgIpc) is 2.34. The van der Waals surface area contributed by atoms with Gasteiger partial charge in [-0.15, -0.1) is 0 Å². The van der Waals surface area contributed by atoms with Crippen molar-refractivity contribution in [1.82, 2.24) is 4.13 Å². The maximum absolute atomic E-state index is 11.3. The molecule has 0 fully saturated rings. The van der Waals surface area contributed by atoms with E-state index in [0.717, 1.165) is 33.4 Å². The minimum Gasteiger partial charge on any atom is -0.618 e. The Morgan fingerprint density at radius 1 is 0.824 bits per heavy atom. The van der Waals surface area contributed by atoms with Gasteiger partial charge in [0.2, 0.25) is 0 Å². The second-order valence-electron chi connectivity index (χ2n) is 3.02. The number of nitrogens with zero attached hydrogens (tertiary/aromatic N) is 2. The minimum atomic E-state index is 0.522. The Labute approximate surface area is 107 Å². The molecule has 7 heteroatoms. The molecule has 0 aromatic carbocycles. The molecule has 5 nitrogen and oxygen atoms in total. The first-order chi connectivity index (χ1) is 8.27. The van der Waals surface area contributed by atoms with Crippen molar-refractivity contribution in [3.05, 3.63) is 59.2 Å². The van der Waals surface area contributed by atoms with Crippen LogP contribution in [0.3, 0.4) is 0 Å². The smallest absolute Gasteiger partial charge is 0.267 e. The molecule has 0 atom stereocenters. The molecule has 0 saturated carbocycles. The molecular weight excluding hydrogens is 258 g/mol. The van der Waals surface area contributed by atoms with Crippen LogP contribution in [0.5, 0.6) is 0 Å². The van der Waals surface area contributed by atoms with Gasteiger partial charge in [-0.1, -0.05) is 0 Å². The molecule has 0 radical (unpaired) electrons. The summed E-state index contributed by atoms with van der Waals surface area (Å²) in [5.74, 6) is 0. The van der Waals surface area contributed by atoms with Crippen LogP contribution in [0.15, 0.2) is 58.8 Å². The lowest BCUT2D eigenvalue weighted by atomic mass is 10.5. The van der Waals surface area contributed by atoms with E-state index < -0.39 is 0 Å². The second-order valence-corrected chi connectivity index (χ2v) is 4.93. The maximum atomic E-state index is 11.3. The van der Waals surface area contributed by atoms with Gasteiger partial charge in [-0.05, 0) is 12.1 Å². The summed E-state index contributed by atoms with van der Waals surface area (Å²) >= 11 is 2.32. The summed E-state index contributed by atoms with van der Waals surface area (Å²) in [5, 5.41) is 23.7. The Hall–Kier alpha value is -1.44. The number of rotatable bonds is 4. The van der Waals surface area contributed by atoms with E-state index in [1.54, 1.807) is 36.4 Å². The average molecular weight is 267 g/mol. The first kappa shape index (κ1) is 12.0. The zero-order valence-corrected chi connectivity index (χ0v) is 10.3. The van der Waals surface area contributed by atoms with Gasteiger partial charge in [0.1, 0.15) is 0 Å². The molecule has 1 N–H and O–H groups in total. The summed E-state index contributed by atoms with van der Waals surface area (Å²) in [6.45, 7) is 0. The summed E-state index contributed by atoms with van der Waals surface area (Å²) in [4.78, 5) is 0. The first-order valence-corrected chi connectivity index (χ1v) is 6.36. The number of aromatic nitrogens is 2. The maximum Gasteiger partial charge on any atom is 0.267 e. The van der Waals surface area contributed by atoms with Crippen LogP contribution in [0.1, 0.15) is 0 Å². The van der Waals surface area contributed by atoms with Gasteiger partial charge in [-0.3, -0.25) is 0 Å². The highest BCUT2D eigenvalue weighted by atomic mass is 32.2. The molecule has 0 saturated heterocycles. The van der Waals surface area contributed by atoms with Gasteiger partial charge < -0.3 is 10.4 Å². The van der Waals surface area contributed by atoms with Crippen molar-refractivity contribution in [2.24, 2.45) is 0 Å². The second kappa shape index (κ2) is 5.76. The van der Waals surface area contributed by atoms with Crippen molar-refractivity contribution >= 4 is 23.9 Å². The monoisotopic (exact) mass is 267 g/mol. The van der Waals surface area contributed by atoms with Gasteiger partial charge in [0.05, 0.1) is 0 Å². The molecule has 0 amide bonds. The van der Waals surface area contributed by atoms with Gasteiger partial charge in [0, 0.05) is 48.2 Å². The van der Waals surface area contributed by atoms with Crippen LogP contribution in [-0.4, -0.2) is 0 Å². The van der Waals surface area contributed by atoms with Crippen LogP contribution >= 0.6 is 23.9 Å². The predicted molar refractivity (Wildman–Crippen MR) is 65.7 cm³/mol. The van der Waals surface area contributed by atoms with Crippen molar-refractivity contribution in [3.63, 3.8) is 0 Å². The Kier molecular flexibility index (Phi) is 4.08. The summed E-state index contributed by atoms with van der Waals surface area (Å²) in [6.07, 6.45) is 2.84. The van der Waals surface area contributed by atoms with Gasteiger partial charge >= 0.3 is 0 Å². The SMILES string of the molecule is [O-][n+]1ccccc1SNSc1cccc[n+]1[O-]. The number of hydrogen-bond donors (Lipinski definition) is 1. The number of pyridine rings is 2. The molecule has 0 aliphatic carbocycles. The van der Waals surface area contributed by atoms with Crippen LogP contribution in [-0.2, 0) is 0 Å². The van der Waals surface area contributed by atoms with Crippen molar-refractivity contribution in [3.8, 4) is 0 Å². The molecular formula is C10H9N3O2S2. The van der Waals surface area contributed by atoms with E-state index in [1.165, 1.54) is 12.4 Å². The Morgan fingerprint density at radius 3 is 1.71 bits per heavy atom. The molecule has 88 valence electrons. The largest absolute Gasteiger partial charge is 0.618 e. The molecule has 0 aliphatic heterocycles. The van der Waals surface area contributed by atoms with Gasteiger partial charge in [0.15, 0.2) is 12.4 Å². The molecule has 0 aliphatic rings. The fourth-order valence-corrected chi connectivity index (χ4v) is 2.53. The van der Waals surface area contributed by atoms with E-state index in [9.17, 15) is 10.4 Å². The molecule has 2 aromatic rings. The summed E-state index contributed by atoms with van der Waals surface area (Å²) in [5.41, 5.74) is 0. The Bertz CT molecular complexity index is 465. The molecule has 0 unspecified atom stereocenters. The first-order valence-electron chi connectivity index (χ1n) is 4.72. The highest BCUT2D eigenvalue weighted by Gasteiger charge is 2.08. The van der Waals surface area contributed by atoms with Gasteiger partial charge in [-0.2, -0.15) is 13.6 Å². The minimum absolute atomic E-state index is 0.522. The van der Waals surface area contributed by atoms with E-state index in [4.69, 9.17) is 0 Å². The third kappa shape index (κ3) is 3.26. The highest BCUT2D eigenvalue weighted by molar-refractivity contribution is 8.12. The van der Waals surface area contributed by atoms with E-state index >= 15 is 0 Å². The van der Waals surface area contributed by atoms with Crippen LogP contribution in [0.4, 0.5) is 0 Å². The fraction of sp³-hybridized carbons (Fsp3) is 0. The van der Waals surface area contributed by atoms with Gasteiger partial charge in [-0.25, -0.2) is 0 Å². The zero-order chi connectivity index (χ0) is 12.1. The van der Waals surface area contributed by atoms with Crippen molar-refractivity contribution in [2.75, 3.05) is 0 Å². The molecule has 2 heterocycles. The number of hydrogen-bond acceptors (Lipinski definition) is 5. The van der Waals surface area contributed by atoms with E-state index in [-0.39, 0.29) is 0 Å². The normalized spacial score (nSPS) is 10.4. The number of nitrogens with one attached hydrogen (secondary N) is 1. The lowest BCUT2D eigenvalue weighted by Gasteiger charge is -2.04. The topological polar surface area (TPSA) is 65.9 Å². The third-order valence-corrected chi connectivity index (χ3v) is 3.59. The highest BCUT2D eigenvalue weighted by Crippen LogP contribution is 2.16. The lowest BCUT2D eigenvalue weighted by Crippen LogP contribution is -2.30. The molecule has 2 aromatic heterocycles. The molecule has 0 bridgehead atoms. The van der Waals surface area contributed by atoms with Crippen LogP contribution in [0.2, 0.25) is 0 Å². The van der Waals surface area contributed by atoms with Crippen molar-refractivity contribution < 1.29 is 9.46 Å². The summed E-state index contributed by atoms with van der Waals surface area (Å²) in [6, 6.07) is 10.3. The molecule has 17 heavy (non-hydrogen) atoms. The Balaban J connectivity index is 1.93. The summed E-state index contributed by atoms with van der Waals surface area (Å²) in [7, 11) is 0. The quantitative estimate of drug-likeness (QED) is 0.513. The van der Waals surface area contributed by atoms with E-state index in [2.05, 4.69) is 4.13 Å². The van der Waals surface area contributed by atoms with Crippen LogP contribution < -0.4 is 13.6 Å². The van der Waals surface area contributed by atoms with Gasteiger partial charge in [0.25, 0.3) is 10.1 Å². The van der Waals surface area contributed by atoms with Crippen LogP contribution in [0, 0.1) is 10.4 Å². The lowest BCUT2D eigenvalue weighted by molar-refractivity contribution is -0.645. The Morgan fingerprint density at radius 2 is 1.29 bits per heavy atom. The molecule has 2 rings (SSSR count).